The van der Waals surface area contributed by atoms with E-state index >= 15 is 0 Å². The Morgan fingerprint density at radius 2 is 1.59 bits per heavy atom. The Kier molecular flexibility index (Phi) is 7.92. The number of nitrogens with zero attached hydrogens (tertiary/aromatic N) is 1. The van der Waals surface area contributed by atoms with Gasteiger partial charge in [-0.05, 0) is 47.9 Å². The van der Waals surface area contributed by atoms with Crippen molar-refractivity contribution in [1.29, 1.82) is 0 Å². The Balaban J connectivity index is 1.19. The van der Waals surface area contributed by atoms with Gasteiger partial charge in [0.05, 0.1) is 17.0 Å². The Morgan fingerprint density at radius 3 is 2.31 bits per heavy atom. The van der Waals surface area contributed by atoms with Crippen molar-refractivity contribution in [2.24, 2.45) is 0 Å². The van der Waals surface area contributed by atoms with E-state index in [4.69, 9.17) is 11.6 Å². The van der Waals surface area contributed by atoms with Gasteiger partial charge in [-0.25, -0.2) is 9.78 Å². The molecule has 194 valence electrons. The predicted octanol–water partition coefficient (Wildman–Crippen LogP) is 7.30. The molecule has 0 aliphatic rings. The van der Waals surface area contributed by atoms with Crippen LogP contribution in [0.3, 0.4) is 0 Å². The fourth-order valence-corrected chi connectivity index (χ4v) is 5.63. The van der Waals surface area contributed by atoms with Gasteiger partial charge in [0.25, 0.3) is 5.91 Å². The van der Waals surface area contributed by atoms with Crippen LogP contribution in [0.15, 0.2) is 95.2 Å². The zero-order valence-corrected chi connectivity index (χ0v) is 22.6. The summed E-state index contributed by atoms with van der Waals surface area (Å²) in [6, 6.07) is 24.5. The Bertz CT molecular complexity index is 1700. The van der Waals surface area contributed by atoms with Crippen molar-refractivity contribution in [3.05, 3.63) is 106 Å². The Hall–Kier alpha value is -4.18. The van der Waals surface area contributed by atoms with E-state index < -0.39 is 11.9 Å². The summed E-state index contributed by atoms with van der Waals surface area (Å²) >= 11 is 8.91. The molecule has 5 rings (SSSR count). The first-order valence-corrected chi connectivity index (χ1v) is 13.9. The van der Waals surface area contributed by atoms with Gasteiger partial charge in [-0.15, -0.1) is 23.1 Å². The molecule has 0 aliphatic carbocycles. The van der Waals surface area contributed by atoms with Crippen LogP contribution in [0, 0.1) is 0 Å². The maximum absolute atomic E-state index is 13.0. The van der Waals surface area contributed by atoms with Crippen molar-refractivity contribution in [2.75, 3.05) is 16.4 Å². The van der Waals surface area contributed by atoms with Crippen LogP contribution in [0.25, 0.3) is 22.0 Å². The molecule has 1 heterocycles. The van der Waals surface area contributed by atoms with E-state index in [1.807, 2.05) is 23.6 Å². The molecule has 5 aromatic rings. The molecule has 0 radical (unpaired) electrons. The number of nitrogens with one attached hydrogen (secondary N) is 2. The third-order valence-corrected chi connectivity index (χ3v) is 7.86. The quantitative estimate of drug-likeness (QED) is 0.168. The number of anilines is 2. The number of aromatic nitrogens is 1. The maximum atomic E-state index is 13.0. The number of fused-ring (bicyclic) bond motifs is 1. The first-order chi connectivity index (χ1) is 18.9. The lowest BCUT2D eigenvalue weighted by Crippen LogP contribution is -2.14. The fraction of sp³-hybridized carbons (Fsp3) is 0.0345. The third kappa shape index (κ3) is 6.12. The molecule has 0 fully saturated rings. The summed E-state index contributed by atoms with van der Waals surface area (Å²) in [7, 11) is 0. The molecule has 10 heteroatoms. The number of hydrogen-bond donors (Lipinski definition) is 3. The first kappa shape index (κ1) is 26.4. The number of thioether (sulfide) groups is 1. The van der Waals surface area contributed by atoms with Gasteiger partial charge in [-0.1, -0.05) is 54.1 Å². The summed E-state index contributed by atoms with van der Waals surface area (Å²) in [5.74, 6) is -1.51. The van der Waals surface area contributed by atoms with Crippen molar-refractivity contribution in [2.45, 2.75) is 4.90 Å². The number of thiazole rings is 1. The largest absolute Gasteiger partial charge is 0.478 e. The summed E-state index contributed by atoms with van der Waals surface area (Å²) in [4.78, 5) is 42.5. The lowest BCUT2D eigenvalue weighted by atomic mass is 9.98. The molecule has 0 bridgehead atoms. The van der Waals surface area contributed by atoms with Gasteiger partial charge >= 0.3 is 5.97 Å². The Morgan fingerprint density at radius 1 is 0.872 bits per heavy atom. The highest BCUT2D eigenvalue weighted by Gasteiger charge is 2.17. The van der Waals surface area contributed by atoms with Crippen LogP contribution in [0.2, 0.25) is 5.02 Å². The molecule has 0 aliphatic heterocycles. The number of amides is 2. The van der Waals surface area contributed by atoms with Crippen LogP contribution in [0.4, 0.5) is 10.8 Å². The molecule has 0 unspecified atom stereocenters. The topological polar surface area (TPSA) is 108 Å². The van der Waals surface area contributed by atoms with Crippen molar-refractivity contribution in [3.8, 4) is 11.3 Å². The van der Waals surface area contributed by atoms with Crippen LogP contribution in [0.1, 0.15) is 20.7 Å². The molecular formula is C29H20ClN3O4S2. The normalized spacial score (nSPS) is 10.8. The predicted molar refractivity (Wildman–Crippen MR) is 157 cm³/mol. The Labute approximate surface area is 236 Å². The van der Waals surface area contributed by atoms with Gasteiger partial charge in [0, 0.05) is 37.5 Å². The number of benzene rings is 4. The summed E-state index contributed by atoms with van der Waals surface area (Å²) in [6.45, 7) is 0. The molecule has 4 aromatic carbocycles. The van der Waals surface area contributed by atoms with Crippen LogP contribution >= 0.6 is 34.7 Å². The number of aromatic carboxylic acids is 1. The van der Waals surface area contributed by atoms with E-state index in [1.165, 1.54) is 29.2 Å². The van der Waals surface area contributed by atoms with E-state index in [9.17, 15) is 19.5 Å². The molecule has 0 saturated heterocycles. The van der Waals surface area contributed by atoms with Gasteiger partial charge in [-0.3, -0.25) is 9.59 Å². The van der Waals surface area contributed by atoms with Gasteiger partial charge < -0.3 is 15.7 Å². The minimum atomic E-state index is -1.10. The number of carbonyl (C=O) groups is 3. The number of carbonyl (C=O) groups excluding carboxylic acids is 2. The second-order valence-electron chi connectivity index (χ2n) is 8.35. The van der Waals surface area contributed by atoms with Crippen molar-refractivity contribution in [1.82, 2.24) is 4.98 Å². The zero-order chi connectivity index (χ0) is 27.4. The highest BCUT2D eigenvalue weighted by atomic mass is 35.5. The van der Waals surface area contributed by atoms with E-state index in [0.29, 0.717) is 32.3 Å². The molecule has 0 saturated carbocycles. The lowest BCUT2D eigenvalue weighted by molar-refractivity contribution is -0.113. The minimum absolute atomic E-state index is 0.0705. The lowest BCUT2D eigenvalue weighted by Gasteiger charge is -2.11. The SMILES string of the molecule is O=C(CSc1ccc(NC(=O)c2cccc3cccc(C(=O)O)c23)cc1)Nc1nc(-c2ccccc2Cl)cs1. The van der Waals surface area contributed by atoms with E-state index in [-0.39, 0.29) is 22.8 Å². The van der Waals surface area contributed by atoms with Crippen LogP contribution in [-0.2, 0) is 4.79 Å². The monoisotopic (exact) mass is 573 g/mol. The number of carboxylic acid groups (broad SMARTS) is 1. The average molecular weight is 574 g/mol. The van der Waals surface area contributed by atoms with Crippen molar-refractivity contribution < 1.29 is 19.5 Å². The molecular weight excluding hydrogens is 554 g/mol. The number of halogens is 1. The van der Waals surface area contributed by atoms with Gasteiger partial charge in [0.1, 0.15) is 0 Å². The van der Waals surface area contributed by atoms with Gasteiger partial charge in [-0.2, -0.15) is 0 Å². The molecule has 7 nitrogen and oxygen atoms in total. The molecule has 0 spiro atoms. The summed E-state index contributed by atoms with van der Waals surface area (Å²) in [5.41, 5.74) is 2.41. The van der Waals surface area contributed by atoms with Crippen molar-refractivity contribution in [3.63, 3.8) is 0 Å². The highest BCUT2D eigenvalue weighted by Crippen LogP contribution is 2.31. The minimum Gasteiger partial charge on any atom is -0.478 e. The second kappa shape index (κ2) is 11.7. The molecule has 2 amide bonds. The van der Waals surface area contributed by atoms with E-state index in [2.05, 4.69) is 15.6 Å². The number of carboxylic acids is 1. The fourth-order valence-electron chi connectivity index (χ4n) is 3.97. The summed E-state index contributed by atoms with van der Waals surface area (Å²) in [5, 5.41) is 19.2. The number of rotatable bonds is 8. The molecule has 1 aromatic heterocycles. The first-order valence-electron chi connectivity index (χ1n) is 11.7. The average Bonchev–Trinajstić information content (AvgIpc) is 3.40. The molecule has 3 N–H and O–H groups in total. The van der Waals surface area contributed by atoms with E-state index in [1.54, 1.807) is 60.7 Å². The van der Waals surface area contributed by atoms with Crippen LogP contribution in [0.5, 0.6) is 0 Å². The third-order valence-electron chi connectivity index (χ3n) is 5.76. The smallest absolute Gasteiger partial charge is 0.336 e. The van der Waals surface area contributed by atoms with Crippen LogP contribution in [-0.4, -0.2) is 33.6 Å². The zero-order valence-electron chi connectivity index (χ0n) is 20.2. The maximum Gasteiger partial charge on any atom is 0.336 e. The molecule has 0 atom stereocenters. The standard InChI is InChI=1S/C29H20ClN3O4S2/c30-23-10-2-1-7-20(23)24-15-39-29(32-24)33-25(34)16-38-19-13-11-18(12-14-19)31-27(35)21-8-3-5-17-6-4-9-22(26(17)21)28(36)37/h1-15H,16H2,(H,31,35)(H,36,37)(H,32,33,34). The summed E-state index contributed by atoms with van der Waals surface area (Å²) in [6.07, 6.45) is 0. The summed E-state index contributed by atoms with van der Waals surface area (Å²) < 4.78 is 0. The van der Waals surface area contributed by atoms with Gasteiger partial charge in [0.2, 0.25) is 5.91 Å². The number of hydrogen-bond acceptors (Lipinski definition) is 6. The highest BCUT2D eigenvalue weighted by molar-refractivity contribution is 8.00. The van der Waals surface area contributed by atoms with E-state index in [0.717, 1.165) is 10.5 Å². The van der Waals surface area contributed by atoms with Crippen molar-refractivity contribution >= 4 is 74.1 Å². The van der Waals surface area contributed by atoms with Crippen LogP contribution < -0.4 is 10.6 Å². The molecule has 39 heavy (non-hydrogen) atoms. The van der Waals surface area contributed by atoms with Gasteiger partial charge in [0.15, 0.2) is 5.13 Å². The second-order valence-corrected chi connectivity index (χ2v) is 10.7.